The van der Waals surface area contributed by atoms with Crippen LogP contribution in [0.15, 0.2) is 30.7 Å². The van der Waals surface area contributed by atoms with Gasteiger partial charge in [-0.1, -0.05) is 11.6 Å². The molecule has 1 saturated carbocycles. The van der Waals surface area contributed by atoms with Crippen molar-refractivity contribution in [1.29, 1.82) is 0 Å². The smallest absolute Gasteiger partial charge is 0.353 e. The van der Waals surface area contributed by atoms with Crippen molar-refractivity contribution in [2.24, 2.45) is 0 Å². The van der Waals surface area contributed by atoms with Crippen LogP contribution in [0.4, 0.5) is 19.0 Å². The largest absolute Gasteiger partial charge is 0.405 e. The highest BCUT2D eigenvalue weighted by atomic mass is 35.5. The fourth-order valence-corrected chi connectivity index (χ4v) is 4.03. The second-order valence-electron chi connectivity index (χ2n) is 7.63. The second-order valence-corrected chi connectivity index (χ2v) is 8.02. The summed E-state index contributed by atoms with van der Waals surface area (Å²) in [6.45, 7) is 0.427. The number of hydrogen-bond acceptors (Lipinski definition) is 6. The maximum Gasteiger partial charge on any atom is 0.405 e. The maximum atomic E-state index is 13.4. The van der Waals surface area contributed by atoms with E-state index in [2.05, 4.69) is 20.3 Å². The van der Waals surface area contributed by atoms with Crippen LogP contribution in [-0.2, 0) is 0 Å². The van der Waals surface area contributed by atoms with Crippen LogP contribution in [0.2, 0.25) is 5.15 Å². The lowest BCUT2D eigenvalue weighted by Crippen LogP contribution is -2.57. The summed E-state index contributed by atoms with van der Waals surface area (Å²) in [6, 6.07) is 1.76. The molecule has 1 atom stereocenters. The van der Waals surface area contributed by atoms with Crippen LogP contribution in [0.25, 0.3) is 22.3 Å². The number of rotatable bonds is 3. The summed E-state index contributed by atoms with van der Waals surface area (Å²) >= 11 is 6.02. The SMILES string of the molecule is FC(F)(F)C1CN(c2nc(-c3ccnc(Cl)c3)nc3cncc(C4CC4)c23)CCN1. The molecular formula is C20H18ClF3N6. The molecule has 0 amide bonds. The zero-order valence-electron chi connectivity index (χ0n) is 15.8. The summed E-state index contributed by atoms with van der Waals surface area (Å²) in [5, 5.41) is 3.65. The standard InChI is InChI=1S/C20H18ClF3N6/c21-16-7-12(3-4-27-16)18-28-14-9-25-8-13(11-1-2-11)17(14)19(29-18)30-6-5-26-15(10-30)20(22,23)24/h3-4,7-9,11,15,26H,1-2,5-6,10H2. The van der Waals surface area contributed by atoms with Gasteiger partial charge in [0.1, 0.15) is 17.0 Å². The zero-order valence-corrected chi connectivity index (χ0v) is 16.6. The molecule has 2 aliphatic rings. The van der Waals surface area contributed by atoms with E-state index < -0.39 is 12.2 Å². The highest BCUT2D eigenvalue weighted by Gasteiger charge is 2.42. The Morgan fingerprint density at radius 3 is 2.73 bits per heavy atom. The minimum atomic E-state index is -4.33. The van der Waals surface area contributed by atoms with Gasteiger partial charge in [0.05, 0.1) is 11.7 Å². The molecule has 0 aromatic carbocycles. The van der Waals surface area contributed by atoms with Crippen molar-refractivity contribution in [1.82, 2.24) is 25.3 Å². The van der Waals surface area contributed by atoms with Gasteiger partial charge in [0.2, 0.25) is 0 Å². The molecular weight excluding hydrogens is 417 g/mol. The normalized spacial score (nSPS) is 20.0. The Morgan fingerprint density at radius 2 is 2.00 bits per heavy atom. The van der Waals surface area contributed by atoms with E-state index in [0.717, 1.165) is 23.8 Å². The Labute approximate surface area is 175 Å². The third-order valence-corrected chi connectivity index (χ3v) is 5.70. The Morgan fingerprint density at radius 1 is 1.17 bits per heavy atom. The molecule has 0 spiro atoms. The molecule has 3 aromatic rings. The number of pyridine rings is 2. The van der Waals surface area contributed by atoms with E-state index in [0.29, 0.717) is 40.3 Å². The van der Waals surface area contributed by atoms with Crippen molar-refractivity contribution in [2.45, 2.75) is 31.0 Å². The maximum absolute atomic E-state index is 13.4. The number of aromatic nitrogens is 4. The van der Waals surface area contributed by atoms with Crippen LogP contribution in [0.1, 0.15) is 24.3 Å². The van der Waals surface area contributed by atoms with Crippen LogP contribution in [-0.4, -0.2) is 51.8 Å². The lowest BCUT2D eigenvalue weighted by Gasteiger charge is -2.36. The molecule has 2 fully saturated rings. The summed E-state index contributed by atoms with van der Waals surface area (Å²) in [5.74, 6) is 1.26. The van der Waals surface area contributed by atoms with E-state index in [4.69, 9.17) is 16.6 Å². The zero-order chi connectivity index (χ0) is 20.9. The molecule has 4 heterocycles. The number of nitrogens with zero attached hydrogens (tertiary/aromatic N) is 5. The molecule has 156 valence electrons. The average Bonchev–Trinajstić information content (AvgIpc) is 3.57. The van der Waals surface area contributed by atoms with Crippen LogP contribution < -0.4 is 10.2 Å². The number of nitrogens with one attached hydrogen (secondary N) is 1. The third-order valence-electron chi connectivity index (χ3n) is 5.49. The lowest BCUT2D eigenvalue weighted by molar-refractivity contribution is -0.155. The van der Waals surface area contributed by atoms with E-state index in [1.807, 2.05) is 0 Å². The molecule has 0 bridgehead atoms. The first-order valence-corrected chi connectivity index (χ1v) is 10.1. The van der Waals surface area contributed by atoms with Gasteiger partial charge in [-0.25, -0.2) is 15.0 Å². The van der Waals surface area contributed by atoms with Gasteiger partial charge in [0, 0.05) is 43.0 Å². The molecule has 1 saturated heterocycles. The molecule has 10 heteroatoms. The van der Waals surface area contributed by atoms with Gasteiger partial charge in [0.25, 0.3) is 0 Å². The van der Waals surface area contributed by atoms with Gasteiger partial charge in [-0.2, -0.15) is 13.2 Å². The summed E-state index contributed by atoms with van der Waals surface area (Å²) in [7, 11) is 0. The predicted octanol–water partition coefficient (Wildman–Crippen LogP) is 3.96. The molecule has 5 rings (SSSR count). The second kappa shape index (κ2) is 7.31. The molecule has 1 aliphatic carbocycles. The van der Waals surface area contributed by atoms with E-state index in [-0.39, 0.29) is 13.1 Å². The molecule has 3 aromatic heterocycles. The number of alkyl halides is 3. The Bertz CT molecular complexity index is 1100. The van der Waals surface area contributed by atoms with Gasteiger partial charge in [-0.05, 0) is 36.5 Å². The molecule has 0 radical (unpaired) electrons. The number of anilines is 1. The van der Waals surface area contributed by atoms with Crippen LogP contribution in [0.5, 0.6) is 0 Å². The van der Waals surface area contributed by atoms with E-state index >= 15 is 0 Å². The molecule has 30 heavy (non-hydrogen) atoms. The first-order chi connectivity index (χ1) is 14.4. The first kappa shape index (κ1) is 19.4. The van der Waals surface area contributed by atoms with E-state index in [9.17, 15) is 13.2 Å². The minimum absolute atomic E-state index is 0.210. The fraction of sp³-hybridized carbons (Fsp3) is 0.400. The number of fused-ring (bicyclic) bond motifs is 1. The minimum Gasteiger partial charge on any atom is -0.353 e. The molecule has 1 unspecified atom stereocenters. The predicted molar refractivity (Wildman–Crippen MR) is 108 cm³/mol. The van der Waals surface area contributed by atoms with E-state index in [1.54, 1.807) is 35.6 Å². The van der Waals surface area contributed by atoms with Crippen molar-refractivity contribution in [3.63, 3.8) is 0 Å². The lowest BCUT2D eigenvalue weighted by atomic mass is 10.1. The number of halogens is 4. The number of hydrogen-bond donors (Lipinski definition) is 1. The van der Waals surface area contributed by atoms with Gasteiger partial charge >= 0.3 is 6.18 Å². The highest BCUT2D eigenvalue weighted by Crippen LogP contribution is 2.45. The van der Waals surface area contributed by atoms with Crippen molar-refractivity contribution in [3.05, 3.63) is 41.4 Å². The van der Waals surface area contributed by atoms with Gasteiger partial charge in [-0.15, -0.1) is 0 Å². The van der Waals surface area contributed by atoms with Crippen molar-refractivity contribution >= 4 is 28.3 Å². The molecule has 6 nitrogen and oxygen atoms in total. The summed E-state index contributed by atoms with van der Waals surface area (Å²) < 4.78 is 40.2. The summed E-state index contributed by atoms with van der Waals surface area (Å²) in [5.41, 5.74) is 2.27. The fourth-order valence-electron chi connectivity index (χ4n) is 3.85. The Hall–Kier alpha value is -2.52. The van der Waals surface area contributed by atoms with Gasteiger partial charge < -0.3 is 10.2 Å². The molecule has 1 N–H and O–H groups in total. The van der Waals surface area contributed by atoms with Crippen LogP contribution in [0, 0.1) is 0 Å². The average molecular weight is 435 g/mol. The Kier molecular flexibility index (Phi) is 4.74. The summed E-state index contributed by atoms with van der Waals surface area (Å²) in [4.78, 5) is 19.4. The number of piperazine rings is 1. The highest BCUT2D eigenvalue weighted by molar-refractivity contribution is 6.29. The van der Waals surface area contributed by atoms with Gasteiger partial charge in [-0.3, -0.25) is 4.98 Å². The molecule has 1 aliphatic heterocycles. The van der Waals surface area contributed by atoms with Crippen LogP contribution >= 0.6 is 11.6 Å². The Balaban J connectivity index is 1.68. The quantitative estimate of drug-likeness (QED) is 0.629. The van der Waals surface area contributed by atoms with Gasteiger partial charge in [0.15, 0.2) is 5.82 Å². The van der Waals surface area contributed by atoms with Crippen LogP contribution in [0.3, 0.4) is 0 Å². The third kappa shape index (κ3) is 3.67. The van der Waals surface area contributed by atoms with E-state index in [1.165, 1.54) is 0 Å². The van der Waals surface area contributed by atoms with Crippen molar-refractivity contribution in [3.8, 4) is 11.4 Å². The summed E-state index contributed by atoms with van der Waals surface area (Å²) in [6.07, 6.45) is 2.73. The monoisotopic (exact) mass is 434 g/mol. The van der Waals surface area contributed by atoms with Crippen molar-refractivity contribution in [2.75, 3.05) is 24.5 Å². The first-order valence-electron chi connectivity index (χ1n) is 9.73. The topological polar surface area (TPSA) is 66.8 Å². The van der Waals surface area contributed by atoms with Crippen molar-refractivity contribution < 1.29 is 13.2 Å².